The highest BCUT2D eigenvalue weighted by Gasteiger charge is 2.26. The SMILES string of the molecule is O=C(NCc1ccc(CN2CCOCC2)cc1)C1CCN(Cc2nc(-c3ccccc3Cl)no2)CC1. The summed E-state index contributed by atoms with van der Waals surface area (Å²) in [5.74, 6) is 1.22. The zero-order chi connectivity index (χ0) is 24.7. The third-order valence-electron chi connectivity index (χ3n) is 6.90. The summed E-state index contributed by atoms with van der Waals surface area (Å²) in [4.78, 5) is 21.9. The summed E-state index contributed by atoms with van der Waals surface area (Å²) in [6.07, 6.45) is 1.63. The van der Waals surface area contributed by atoms with Gasteiger partial charge in [-0.2, -0.15) is 4.98 Å². The van der Waals surface area contributed by atoms with Crippen LogP contribution >= 0.6 is 11.6 Å². The number of nitrogens with one attached hydrogen (secondary N) is 1. The number of carbonyl (C=O) groups excluding carboxylic acids is 1. The normalized spacial score (nSPS) is 17.8. The Bertz CT molecular complexity index is 1140. The van der Waals surface area contributed by atoms with Gasteiger partial charge in [0, 0.05) is 37.7 Å². The average Bonchev–Trinajstić information content (AvgIpc) is 3.37. The first kappa shape index (κ1) is 24.9. The third kappa shape index (κ3) is 6.50. The summed E-state index contributed by atoms with van der Waals surface area (Å²) >= 11 is 6.24. The molecule has 1 N–H and O–H groups in total. The number of carbonyl (C=O) groups is 1. The summed E-state index contributed by atoms with van der Waals surface area (Å²) < 4.78 is 10.9. The lowest BCUT2D eigenvalue weighted by molar-refractivity contribution is -0.126. The Balaban J connectivity index is 1.04. The van der Waals surface area contributed by atoms with Gasteiger partial charge in [0.15, 0.2) is 0 Å². The van der Waals surface area contributed by atoms with E-state index in [1.54, 1.807) is 0 Å². The van der Waals surface area contributed by atoms with Crippen molar-refractivity contribution in [3.8, 4) is 11.4 Å². The number of aromatic nitrogens is 2. The number of morpholine rings is 1. The number of nitrogens with zero attached hydrogens (tertiary/aromatic N) is 4. The number of hydrogen-bond acceptors (Lipinski definition) is 7. The van der Waals surface area contributed by atoms with Crippen LogP contribution < -0.4 is 5.32 Å². The van der Waals surface area contributed by atoms with Crippen molar-refractivity contribution in [1.82, 2.24) is 25.3 Å². The zero-order valence-electron chi connectivity index (χ0n) is 20.4. The van der Waals surface area contributed by atoms with Crippen molar-refractivity contribution in [3.05, 3.63) is 70.6 Å². The molecule has 2 saturated heterocycles. The fourth-order valence-electron chi connectivity index (χ4n) is 4.73. The maximum atomic E-state index is 12.8. The topological polar surface area (TPSA) is 83.7 Å². The summed E-state index contributed by atoms with van der Waals surface area (Å²) in [7, 11) is 0. The van der Waals surface area contributed by atoms with E-state index in [1.807, 2.05) is 24.3 Å². The van der Waals surface area contributed by atoms with Gasteiger partial charge in [-0.1, -0.05) is 53.2 Å². The van der Waals surface area contributed by atoms with E-state index in [0.29, 0.717) is 29.8 Å². The maximum absolute atomic E-state index is 12.8. The van der Waals surface area contributed by atoms with E-state index < -0.39 is 0 Å². The standard InChI is InChI=1S/C27H32ClN5O3/c28-24-4-2-1-3-23(24)26-30-25(36-31-26)19-32-11-9-22(10-12-32)27(34)29-17-20-5-7-21(8-6-20)18-33-13-15-35-16-14-33/h1-8,22H,9-19H2,(H,29,34). The predicted octanol–water partition coefficient (Wildman–Crippen LogP) is 3.75. The molecule has 0 atom stereocenters. The minimum Gasteiger partial charge on any atom is -0.379 e. The number of hydrogen-bond donors (Lipinski definition) is 1. The molecule has 190 valence electrons. The highest BCUT2D eigenvalue weighted by atomic mass is 35.5. The van der Waals surface area contributed by atoms with E-state index in [1.165, 1.54) is 5.56 Å². The van der Waals surface area contributed by atoms with Crippen molar-refractivity contribution in [2.45, 2.75) is 32.5 Å². The van der Waals surface area contributed by atoms with E-state index in [0.717, 1.165) is 69.9 Å². The van der Waals surface area contributed by atoms with Gasteiger partial charge in [-0.15, -0.1) is 0 Å². The number of rotatable bonds is 8. The number of benzene rings is 2. The fraction of sp³-hybridized carbons (Fsp3) is 0.444. The smallest absolute Gasteiger partial charge is 0.241 e. The molecule has 2 aromatic carbocycles. The van der Waals surface area contributed by atoms with E-state index in [2.05, 4.69) is 49.5 Å². The molecule has 2 aliphatic rings. The van der Waals surface area contributed by atoms with Crippen LogP contribution in [-0.4, -0.2) is 65.2 Å². The van der Waals surface area contributed by atoms with Crippen molar-refractivity contribution in [1.29, 1.82) is 0 Å². The van der Waals surface area contributed by atoms with E-state index in [4.69, 9.17) is 20.9 Å². The maximum Gasteiger partial charge on any atom is 0.241 e. The molecule has 36 heavy (non-hydrogen) atoms. The lowest BCUT2D eigenvalue weighted by atomic mass is 9.96. The van der Waals surface area contributed by atoms with Crippen LogP contribution in [0.15, 0.2) is 53.1 Å². The lowest BCUT2D eigenvalue weighted by Gasteiger charge is -2.30. The highest BCUT2D eigenvalue weighted by molar-refractivity contribution is 6.33. The number of halogens is 1. The van der Waals surface area contributed by atoms with E-state index >= 15 is 0 Å². The molecule has 0 spiro atoms. The van der Waals surface area contributed by atoms with Gasteiger partial charge in [-0.3, -0.25) is 14.6 Å². The molecule has 0 saturated carbocycles. The quantitative estimate of drug-likeness (QED) is 0.495. The Kier molecular flexibility index (Phi) is 8.28. The van der Waals surface area contributed by atoms with Gasteiger partial charge in [0.25, 0.3) is 0 Å². The molecule has 1 aromatic heterocycles. The minimum absolute atomic E-state index is 0.0308. The number of piperidine rings is 1. The first-order chi connectivity index (χ1) is 17.6. The molecule has 1 amide bonds. The Morgan fingerprint density at radius 2 is 1.64 bits per heavy atom. The Labute approximate surface area is 216 Å². The molecule has 0 radical (unpaired) electrons. The molecule has 9 heteroatoms. The summed E-state index contributed by atoms with van der Waals surface area (Å²) in [6.45, 7) is 7.29. The molecular formula is C27H32ClN5O3. The van der Waals surface area contributed by atoms with Gasteiger partial charge in [0.1, 0.15) is 0 Å². The van der Waals surface area contributed by atoms with Gasteiger partial charge in [-0.25, -0.2) is 0 Å². The van der Waals surface area contributed by atoms with Crippen molar-refractivity contribution >= 4 is 17.5 Å². The molecule has 8 nitrogen and oxygen atoms in total. The average molecular weight is 510 g/mol. The second kappa shape index (κ2) is 12.0. The van der Waals surface area contributed by atoms with E-state index in [-0.39, 0.29) is 11.8 Å². The van der Waals surface area contributed by atoms with Gasteiger partial charge in [-0.05, 0) is 49.2 Å². The largest absolute Gasteiger partial charge is 0.379 e. The van der Waals surface area contributed by atoms with Gasteiger partial charge in [0.05, 0.1) is 24.8 Å². The van der Waals surface area contributed by atoms with Crippen molar-refractivity contribution in [2.24, 2.45) is 5.92 Å². The van der Waals surface area contributed by atoms with Crippen LogP contribution in [0.3, 0.4) is 0 Å². The van der Waals surface area contributed by atoms with Gasteiger partial charge >= 0.3 is 0 Å². The molecule has 0 aliphatic carbocycles. The Hall–Kier alpha value is -2.78. The van der Waals surface area contributed by atoms with Crippen LogP contribution in [0.25, 0.3) is 11.4 Å². The predicted molar refractivity (Wildman–Crippen MR) is 137 cm³/mol. The van der Waals surface area contributed by atoms with Crippen molar-refractivity contribution < 1.29 is 14.1 Å². The third-order valence-corrected chi connectivity index (χ3v) is 7.23. The van der Waals surface area contributed by atoms with Crippen LogP contribution in [0.5, 0.6) is 0 Å². The second-order valence-corrected chi connectivity index (χ2v) is 9.87. The first-order valence-electron chi connectivity index (χ1n) is 12.6. The monoisotopic (exact) mass is 509 g/mol. The lowest BCUT2D eigenvalue weighted by Crippen LogP contribution is -2.40. The van der Waals surface area contributed by atoms with Crippen molar-refractivity contribution in [3.63, 3.8) is 0 Å². The van der Waals surface area contributed by atoms with E-state index in [9.17, 15) is 4.79 Å². The summed E-state index contributed by atoms with van der Waals surface area (Å²) in [5, 5.41) is 7.80. The Morgan fingerprint density at radius 1 is 0.944 bits per heavy atom. The van der Waals surface area contributed by atoms with Crippen LogP contribution in [0.2, 0.25) is 5.02 Å². The minimum atomic E-state index is 0.0308. The molecule has 5 rings (SSSR count). The molecular weight excluding hydrogens is 478 g/mol. The highest BCUT2D eigenvalue weighted by Crippen LogP contribution is 2.26. The number of amides is 1. The molecule has 3 aromatic rings. The molecule has 2 fully saturated rings. The van der Waals surface area contributed by atoms with Crippen LogP contribution in [0.1, 0.15) is 29.9 Å². The summed E-state index contributed by atoms with van der Waals surface area (Å²) in [6, 6.07) is 16.0. The van der Waals surface area contributed by atoms with Gasteiger partial charge < -0.3 is 14.6 Å². The van der Waals surface area contributed by atoms with Crippen LogP contribution in [0, 0.1) is 5.92 Å². The van der Waals surface area contributed by atoms with Crippen molar-refractivity contribution in [2.75, 3.05) is 39.4 Å². The number of likely N-dealkylation sites (tertiary alicyclic amines) is 1. The first-order valence-corrected chi connectivity index (χ1v) is 13.0. The van der Waals surface area contributed by atoms with Gasteiger partial charge in [0.2, 0.25) is 17.6 Å². The summed E-state index contributed by atoms with van der Waals surface area (Å²) in [5.41, 5.74) is 3.17. The Morgan fingerprint density at radius 3 is 2.39 bits per heavy atom. The fourth-order valence-corrected chi connectivity index (χ4v) is 4.95. The molecule has 2 aliphatic heterocycles. The van der Waals surface area contributed by atoms with Crippen LogP contribution in [0.4, 0.5) is 0 Å². The zero-order valence-corrected chi connectivity index (χ0v) is 21.1. The second-order valence-electron chi connectivity index (χ2n) is 9.46. The molecule has 3 heterocycles. The number of ether oxygens (including phenoxy) is 1. The molecule has 0 bridgehead atoms. The van der Waals surface area contributed by atoms with Crippen LogP contribution in [-0.2, 0) is 29.2 Å². The molecule has 0 unspecified atom stereocenters.